The Morgan fingerprint density at radius 2 is 2.00 bits per heavy atom. The Bertz CT molecular complexity index is 514. The average Bonchev–Trinajstić information content (AvgIpc) is 2.24. The maximum atomic E-state index is 5.92. The molecular weight excluding hydrogens is 224 g/mol. The van der Waals surface area contributed by atoms with Crippen LogP contribution >= 0.6 is 11.6 Å². The summed E-state index contributed by atoms with van der Waals surface area (Å²) in [6, 6.07) is 7.19. The lowest BCUT2D eigenvalue weighted by Gasteiger charge is -2.07. The summed E-state index contributed by atoms with van der Waals surface area (Å²) in [5.74, 6) is 1.33. The first kappa shape index (κ1) is 10.8. The molecule has 16 heavy (non-hydrogen) atoms. The molecule has 2 aromatic rings. The van der Waals surface area contributed by atoms with E-state index >= 15 is 0 Å². The molecule has 4 heteroatoms. The second-order valence-corrected chi connectivity index (χ2v) is 3.87. The minimum absolute atomic E-state index is 0.572. The van der Waals surface area contributed by atoms with Gasteiger partial charge in [0.05, 0.1) is 18.1 Å². The zero-order chi connectivity index (χ0) is 11.5. The molecule has 0 amide bonds. The van der Waals surface area contributed by atoms with Crippen molar-refractivity contribution in [1.29, 1.82) is 0 Å². The van der Waals surface area contributed by atoms with E-state index in [2.05, 4.69) is 4.98 Å². The third-order valence-corrected chi connectivity index (χ3v) is 2.52. The molecule has 1 heterocycles. The highest BCUT2D eigenvalue weighted by molar-refractivity contribution is 6.31. The van der Waals surface area contributed by atoms with Crippen molar-refractivity contribution < 1.29 is 4.74 Å². The number of nitrogens with zero attached hydrogens (tertiary/aromatic N) is 1. The molecule has 1 aromatic heterocycles. The largest absolute Gasteiger partial charge is 0.456 e. The van der Waals surface area contributed by atoms with Crippen LogP contribution in [0.15, 0.2) is 36.7 Å². The first-order valence-electron chi connectivity index (χ1n) is 4.80. The number of aryl methyl sites for hydroxylation is 1. The summed E-state index contributed by atoms with van der Waals surface area (Å²) in [7, 11) is 0. The number of rotatable bonds is 2. The highest BCUT2D eigenvalue weighted by Crippen LogP contribution is 2.26. The summed E-state index contributed by atoms with van der Waals surface area (Å²) in [4.78, 5) is 3.94. The zero-order valence-electron chi connectivity index (χ0n) is 8.77. The van der Waals surface area contributed by atoms with Crippen molar-refractivity contribution >= 4 is 17.3 Å². The Morgan fingerprint density at radius 3 is 2.69 bits per heavy atom. The second-order valence-electron chi connectivity index (χ2n) is 3.47. The van der Waals surface area contributed by atoms with Crippen LogP contribution in [0.5, 0.6) is 11.5 Å². The number of pyridine rings is 1. The van der Waals surface area contributed by atoms with Crippen LogP contribution < -0.4 is 10.5 Å². The smallest absolute Gasteiger partial charge is 0.147 e. The Labute approximate surface area is 98.8 Å². The van der Waals surface area contributed by atoms with Crippen LogP contribution in [0.1, 0.15) is 5.56 Å². The second kappa shape index (κ2) is 4.41. The van der Waals surface area contributed by atoms with Crippen LogP contribution in [0.25, 0.3) is 0 Å². The number of hydrogen-bond acceptors (Lipinski definition) is 3. The zero-order valence-corrected chi connectivity index (χ0v) is 9.53. The van der Waals surface area contributed by atoms with Gasteiger partial charge in [-0.25, -0.2) is 0 Å². The minimum Gasteiger partial charge on any atom is -0.456 e. The topological polar surface area (TPSA) is 48.1 Å². The van der Waals surface area contributed by atoms with Crippen molar-refractivity contribution in [2.45, 2.75) is 6.92 Å². The lowest BCUT2D eigenvalue weighted by atomic mass is 10.2. The molecule has 2 N–H and O–H groups in total. The van der Waals surface area contributed by atoms with Crippen molar-refractivity contribution in [3.05, 3.63) is 47.2 Å². The van der Waals surface area contributed by atoms with Crippen molar-refractivity contribution in [3.63, 3.8) is 0 Å². The summed E-state index contributed by atoms with van der Waals surface area (Å²) in [6.45, 7) is 1.92. The maximum Gasteiger partial charge on any atom is 0.147 e. The van der Waals surface area contributed by atoms with Crippen molar-refractivity contribution in [1.82, 2.24) is 4.98 Å². The van der Waals surface area contributed by atoms with Gasteiger partial charge in [-0.05, 0) is 30.7 Å². The predicted octanol–water partition coefficient (Wildman–Crippen LogP) is 3.42. The quantitative estimate of drug-likeness (QED) is 0.866. The van der Waals surface area contributed by atoms with Crippen LogP contribution in [0.4, 0.5) is 5.69 Å². The molecule has 0 radical (unpaired) electrons. The van der Waals surface area contributed by atoms with E-state index in [0.717, 1.165) is 10.6 Å². The molecule has 0 fully saturated rings. The van der Waals surface area contributed by atoms with Crippen LogP contribution in [0.3, 0.4) is 0 Å². The number of ether oxygens (including phenoxy) is 1. The number of aromatic nitrogens is 1. The van der Waals surface area contributed by atoms with Gasteiger partial charge in [-0.3, -0.25) is 4.98 Å². The van der Waals surface area contributed by atoms with Crippen LogP contribution in [-0.2, 0) is 0 Å². The van der Waals surface area contributed by atoms with Gasteiger partial charge in [-0.1, -0.05) is 11.6 Å². The molecule has 0 aliphatic carbocycles. The third-order valence-electron chi connectivity index (χ3n) is 2.10. The first-order valence-corrected chi connectivity index (χ1v) is 5.17. The Balaban J connectivity index is 2.24. The predicted molar refractivity (Wildman–Crippen MR) is 64.9 cm³/mol. The molecule has 1 aromatic carbocycles. The van der Waals surface area contributed by atoms with Gasteiger partial charge in [-0.15, -0.1) is 0 Å². The van der Waals surface area contributed by atoms with E-state index in [1.807, 2.05) is 13.0 Å². The van der Waals surface area contributed by atoms with E-state index < -0.39 is 0 Å². The third kappa shape index (κ3) is 2.44. The number of nitrogens with two attached hydrogens (primary N) is 1. The lowest BCUT2D eigenvalue weighted by molar-refractivity contribution is 0.480. The molecule has 0 aliphatic rings. The summed E-state index contributed by atoms with van der Waals surface area (Å²) in [6.07, 6.45) is 3.18. The summed E-state index contributed by atoms with van der Waals surface area (Å²) < 4.78 is 5.59. The van der Waals surface area contributed by atoms with Gasteiger partial charge in [0.25, 0.3) is 0 Å². The number of benzene rings is 1. The number of nitrogen functional groups attached to an aromatic ring is 1. The van der Waals surface area contributed by atoms with Crippen molar-refractivity contribution in [3.8, 4) is 11.5 Å². The van der Waals surface area contributed by atoms with E-state index in [9.17, 15) is 0 Å². The van der Waals surface area contributed by atoms with E-state index in [-0.39, 0.29) is 0 Å². The van der Waals surface area contributed by atoms with Gasteiger partial charge in [0, 0.05) is 11.1 Å². The molecule has 0 aliphatic heterocycles. The van der Waals surface area contributed by atoms with Crippen LogP contribution in [0, 0.1) is 6.92 Å². The van der Waals surface area contributed by atoms with Gasteiger partial charge in [0.2, 0.25) is 0 Å². The van der Waals surface area contributed by atoms with Crippen molar-refractivity contribution in [2.75, 3.05) is 5.73 Å². The highest BCUT2D eigenvalue weighted by atomic mass is 35.5. The number of hydrogen-bond donors (Lipinski definition) is 1. The molecule has 3 nitrogen and oxygen atoms in total. The van der Waals surface area contributed by atoms with Crippen LogP contribution in [0.2, 0.25) is 5.02 Å². The number of anilines is 1. The normalized spacial score (nSPS) is 10.1. The van der Waals surface area contributed by atoms with Crippen LogP contribution in [-0.4, -0.2) is 4.98 Å². The fraction of sp³-hybridized carbons (Fsp3) is 0.0833. The fourth-order valence-electron chi connectivity index (χ4n) is 1.31. The molecule has 0 unspecified atom stereocenters. The van der Waals surface area contributed by atoms with E-state index in [4.69, 9.17) is 22.1 Å². The number of halogens is 1. The molecule has 0 saturated heterocycles. The Morgan fingerprint density at radius 1 is 1.19 bits per heavy atom. The molecule has 82 valence electrons. The van der Waals surface area contributed by atoms with E-state index in [1.165, 1.54) is 0 Å². The standard InChI is InChI=1S/C12H11ClN2O/c1-8-4-10(2-3-12(8)13)16-11-5-9(14)6-15-7-11/h2-7H,14H2,1H3. The monoisotopic (exact) mass is 234 g/mol. The van der Waals surface area contributed by atoms with Gasteiger partial charge in [-0.2, -0.15) is 0 Å². The van der Waals surface area contributed by atoms with Gasteiger partial charge in [0.15, 0.2) is 0 Å². The van der Waals surface area contributed by atoms with Gasteiger partial charge >= 0.3 is 0 Å². The molecule has 0 saturated carbocycles. The summed E-state index contributed by atoms with van der Waals surface area (Å²) in [5, 5.41) is 0.720. The first-order chi connectivity index (χ1) is 7.65. The maximum absolute atomic E-state index is 5.92. The van der Waals surface area contributed by atoms with Gasteiger partial charge in [0.1, 0.15) is 11.5 Å². The molecule has 0 bridgehead atoms. The minimum atomic E-state index is 0.572. The van der Waals surface area contributed by atoms with E-state index in [1.54, 1.807) is 30.6 Å². The fourth-order valence-corrected chi connectivity index (χ4v) is 1.43. The van der Waals surface area contributed by atoms with Gasteiger partial charge < -0.3 is 10.5 Å². The highest BCUT2D eigenvalue weighted by Gasteiger charge is 2.01. The summed E-state index contributed by atoms with van der Waals surface area (Å²) in [5.41, 5.74) is 7.14. The average molecular weight is 235 g/mol. The van der Waals surface area contributed by atoms with E-state index in [0.29, 0.717) is 17.2 Å². The molecule has 0 atom stereocenters. The Kier molecular flexibility index (Phi) is 2.97. The molecule has 0 spiro atoms. The molecule has 2 rings (SSSR count). The Hall–Kier alpha value is -1.74. The lowest BCUT2D eigenvalue weighted by Crippen LogP contribution is -1.90. The SMILES string of the molecule is Cc1cc(Oc2cncc(N)c2)ccc1Cl. The molecular formula is C12H11ClN2O. The summed E-state index contributed by atoms with van der Waals surface area (Å²) >= 11 is 5.92. The van der Waals surface area contributed by atoms with Crippen molar-refractivity contribution in [2.24, 2.45) is 0 Å².